The second-order valence-electron chi connectivity index (χ2n) is 3.21. The van der Waals surface area contributed by atoms with E-state index in [4.69, 9.17) is 11.6 Å². The third-order valence-corrected chi connectivity index (χ3v) is 2.50. The van der Waals surface area contributed by atoms with Crippen molar-refractivity contribution >= 4 is 17.5 Å². The van der Waals surface area contributed by atoms with Crippen LogP contribution in [-0.4, -0.2) is 13.0 Å². The molecule has 1 aromatic carbocycles. The van der Waals surface area contributed by atoms with Crippen LogP contribution in [0.1, 0.15) is 16.5 Å². The largest absolute Gasteiger partial charge is 0.416 e. The lowest BCUT2D eigenvalue weighted by atomic mass is 10.0. The predicted octanol–water partition coefficient (Wildman–Crippen LogP) is 2.87. The van der Waals surface area contributed by atoms with E-state index in [1.54, 1.807) is 0 Å². The van der Waals surface area contributed by atoms with Gasteiger partial charge in [-0.05, 0) is 17.7 Å². The average Bonchev–Trinajstić information content (AvgIpc) is 2.25. The van der Waals surface area contributed by atoms with Crippen molar-refractivity contribution in [2.24, 2.45) is 0 Å². The molecule has 2 nitrogen and oxygen atoms in total. The van der Waals surface area contributed by atoms with E-state index in [9.17, 15) is 22.4 Å². The molecule has 1 rings (SSSR count). The minimum absolute atomic E-state index is 0.313. The van der Waals surface area contributed by atoms with E-state index in [0.717, 1.165) is 12.1 Å². The quantitative estimate of drug-likeness (QED) is 0.649. The van der Waals surface area contributed by atoms with Crippen molar-refractivity contribution in [2.45, 2.75) is 11.6 Å². The molecule has 0 bridgehead atoms. The first-order valence-electron chi connectivity index (χ1n) is 4.49. The van der Waals surface area contributed by atoms with E-state index in [1.165, 1.54) is 7.05 Å². The molecule has 0 aliphatic rings. The number of hydrogen-bond donors (Lipinski definition) is 1. The van der Waals surface area contributed by atoms with Gasteiger partial charge in [-0.1, -0.05) is 6.07 Å². The van der Waals surface area contributed by atoms with Crippen molar-refractivity contribution < 1.29 is 22.4 Å². The van der Waals surface area contributed by atoms with Gasteiger partial charge in [-0.3, -0.25) is 4.79 Å². The van der Waals surface area contributed by atoms with E-state index >= 15 is 0 Å². The maximum atomic E-state index is 12.8. The Labute approximate surface area is 99.6 Å². The van der Waals surface area contributed by atoms with E-state index in [1.807, 2.05) is 0 Å². The highest BCUT2D eigenvalue weighted by molar-refractivity contribution is 6.30. The molecule has 7 heteroatoms. The topological polar surface area (TPSA) is 29.1 Å². The summed E-state index contributed by atoms with van der Waals surface area (Å²) in [5.41, 5.74) is -1.72. The van der Waals surface area contributed by atoms with Crippen LogP contribution in [0.25, 0.3) is 0 Å². The fraction of sp³-hybridized carbons (Fsp3) is 0.300. The van der Waals surface area contributed by atoms with Crippen LogP contribution in [-0.2, 0) is 11.0 Å². The second kappa shape index (κ2) is 4.91. The van der Waals surface area contributed by atoms with Gasteiger partial charge >= 0.3 is 6.18 Å². The molecule has 1 aromatic rings. The molecule has 0 spiro atoms. The van der Waals surface area contributed by atoms with Crippen LogP contribution in [0.5, 0.6) is 0 Å². The monoisotopic (exact) mass is 269 g/mol. The molecule has 0 fully saturated rings. The number of hydrogen-bond acceptors (Lipinski definition) is 1. The number of likely N-dealkylation sites (N-methyl/N-ethyl adjacent to an activating group) is 1. The summed E-state index contributed by atoms with van der Waals surface area (Å²) in [6, 6.07) is 1.99. The zero-order chi connectivity index (χ0) is 13.2. The molecule has 1 unspecified atom stereocenters. The van der Waals surface area contributed by atoms with Crippen molar-refractivity contribution in [2.75, 3.05) is 7.05 Å². The van der Waals surface area contributed by atoms with Gasteiger partial charge in [0.15, 0.2) is 0 Å². The van der Waals surface area contributed by atoms with Gasteiger partial charge in [-0.2, -0.15) is 13.2 Å². The van der Waals surface area contributed by atoms with Gasteiger partial charge in [-0.15, -0.1) is 11.6 Å². The number of halogens is 5. The minimum Gasteiger partial charge on any atom is -0.358 e. The lowest BCUT2D eigenvalue weighted by molar-refractivity contribution is -0.138. The number of rotatable bonds is 2. The Balaban J connectivity index is 3.29. The summed E-state index contributed by atoms with van der Waals surface area (Å²) in [7, 11) is 1.24. The Kier molecular flexibility index (Phi) is 3.98. The lowest BCUT2D eigenvalue weighted by Gasteiger charge is -2.15. The van der Waals surface area contributed by atoms with E-state index in [2.05, 4.69) is 5.32 Å². The molecule has 0 saturated carbocycles. The van der Waals surface area contributed by atoms with E-state index < -0.39 is 34.4 Å². The lowest BCUT2D eigenvalue weighted by Crippen LogP contribution is -2.24. The Morgan fingerprint density at radius 3 is 2.47 bits per heavy atom. The van der Waals surface area contributed by atoms with Crippen LogP contribution in [0.2, 0.25) is 0 Å². The minimum atomic E-state index is -4.77. The van der Waals surface area contributed by atoms with Crippen molar-refractivity contribution in [3.05, 3.63) is 35.1 Å². The van der Waals surface area contributed by atoms with Crippen LogP contribution in [0.15, 0.2) is 18.2 Å². The number of benzene rings is 1. The molecular weight excluding hydrogens is 262 g/mol. The first kappa shape index (κ1) is 13.8. The first-order valence-corrected chi connectivity index (χ1v) is 4.93. The van der Waals surface area contributed by atoms with Crippen molar-refractivity contribution in [1.82, 2.24) is 5.32 Å². The maximum absolute atomic E-state index is 12.8. The molecule has 17 heavy (non-hydrogen) atoms. The van der Waals surface area contributed by atoms with Gasteiger partial charge in [0.1, 0.15) is 11.2 Å². The molecular formula is C10H8ClF4NO. The van der Waals surface area contributed by atoms with Crippen LogP contribution in [0, 0.1) is 5.82 Å². The fourth-order valence-electron chi connectivity index (χ4n) is 1.26. The standard InChI is InChI=1S/C10H8ClF4NO/c1-16-9(17)8(11)6-3-2-5(12)4-7(6)10(13,14)15/h2-4,8H,1H3,(H,16,17). The molecule has 1 amide bonds. The summed E-state index contributed by atoms with van der Waals surface area (Å²) in [6.07, 6.45) is -4.77. The van der Waals surface area contributed by atoms with E-state index in [-0.39, 0.29) is 0 Å². The van der Waals surface area contributed by atoms with Gasteiger partial charge < -0.3 is 5.32 Å². The first-order chi connectivity index (χ1) is 7.77. The van der Waals surface area contributed by atoms with E-state index in [0.29, 0.717) is 6.07 Å². The van der Waals surface area contributed by atoms with Gasteiger partial charge in [0.25, 0.3) is 0 Å². The summed E-state index contributed by atoms with van der Waals surface area (Å²) >= 11 is 5.59. The highest BCUT2D eigenvalue weighted by atomic mass is 35.5. The predicted molar refractivity (Wildman–Crippen MR) is 54.1 cm³/mol. The highest BCUT2D eigenvalue weighted by Gasteiger charge is 2.36. The molecule has 0 saturated heterocycles. The second-order valence-corrected chi connectivity index (χ2v) is 3.64. The number of carbonyl (C=O) groups excluding carboxylic acids is 1. The number of nitrogens with one attached hydrogen (secondary N) is 1. The fourth-order valence-corrected chi connectivity index (χ4v) is 1.56. The van der Waals surface area contributed by atoms with Crippen molar-refractivity contribution in [3.63, 3.8) is 0 Å². The zero-order valence-corrected chi connectivity index (χ0v) is 9.36. The average molecular weight is 270 g/mol. The maximum Gasteiger partial charge on any atom is 0.416 e. The van der Waals surface area contributed by atoms with Gasteiger partial charge in [0.05, 0.1) is 5.56 Å². The number of carbonyl (C=O) groups is 1. The molecule has 1 N–H and O–H groups in total. The molecule has 0 heterocycles. The number of amides is 1. The Bertz CT molecular complexity index is 433. The molecule has 0 aliphatic carbocycles. The van der Waals surface area contributed by atoms with Crippen LogP contribution >= 0.6 is 11.6 Å². The Hall–Kier alpha value is -1.30. The SMILES string of the molecule is CNC(=O)C(Cl)c1ccc(F)cc1C(F)(F)F. The smallest absolute Gasteiger partial charge is 0.358 e. The molecule has 0 radical (unpaired) electrons. The highest BCUT2D eigenvalue weighted by Crippen LogP contribution is 2.37. The Morgan fingerprint density at radius 1 is 1.41 bits per heavy atom. The summed E-state index contributed by atoms with van der Waals surface area (Å²) in [6.45, 7) is 0. The summed E-state index contributed by atoms with van der Waals surface area (Å²) < 4.78 is 50.6. The summed E-state index contributed by atoms with van der Waals surface area (Å²) in [4.78, 5) is 11.2. The molecule has 0 aromatic heterocycles. The number of alkyl halides is 4. The Morgan fingerprint density at radius 2 is 2.00 bits per heavy atom. The normalized spacial score (nSPS) is 13.3. The molecule has 94 valence electrons. The van der Waals surface area contributed by atoms with Crippen LogP contribution in [0.4, 0.5) is 17.6 Å². The zero-order valence-electron chi connectivity index (χ0n) is 8.61. The molecule has 1 atom stereocenters. The third-order valence-electron chi connectivity index (χ3n) is 2.07. The van der Waals surface area contributed by atoms with Gasteiger partial charge in [-0.25, -0.2) is 4.39 Å². The summed E-state index contributed by atoms with van der Waals surface area (Å²) in [5.74, 6) is -1.83. The van der Waals surface area contributed by atoms with Crippen molar-refractivity contribution in [1.29, 1.82) is 0 Å². The summed E-state index contributed by atoms with van der Waals surface area (Å²) in [5, 5.41) is 0.608. The van der Waals surface area contributed by atoms with Crippen LogP contribution in [0.3, 0.4) is 0 Å². The third kappa shape index (κ3) is 3.09. The van der Waals surface area contributed by atoms with Gasteiger partial charge in [0.2, 0.25) is 5.91 Å². The van der Waals surface area contributed by atoms with Gasteiger partial charge in [0, 0.05) is 7.05 Å². The molecule has 0 aliphatic heterocycles. The van der Waals surface area contributed by atoms with Crippen molar-refractivity contribution in [3.8, 4) is 0 Å². The van der Waals surface area contributed by atoms with Crippen LogP contribution < -0.4 is 5.32 Å².